The van der Waals surface area contributed by atoms with Gasteiger partial charge in [-0.2, -0.15) is 10.2 Å². The number of anilines is 1. The summed E-state index contributed by atoms with van der Waals surface area (Å²) in [6.07, 6.45) is 5.97. The summed E-state index contributed by atoms with van der Waals surface area (Å²) < 4.78 is 9.54. The summed E-state index contributed by atoms with van der Waals surface area (Å²) in [5.41, 5.74) is 0.633. The summed E-state index contributed by atoms with van der Waals surface area (Å²) in [6.45, 7) is 0.489. The van der Waals surface area contributed by atoms with Gasteiger partial charge in [-0.15, -0.1) is 0 Å². The Morgan fingerprint density at radius 1 is 1.11 bits per heavy atom. The van der Waals surface area contributed by atoms with Crippen LogP contribution in [-0.4, -0.2) is 36.5 Å². The van der Waals surface area contributed by atoms with Gasteiger partial charge in [0.1, 0.15) is 5.75 Å². The van der Waals surface area contributed by atoms with Gasteiger partial charge in [-0.25, -0.2) is 9.48 Å². The molecule has 140 valence electrons. The predicted octanol–water partition coefficient (Wildman–Crippen LogP) is 2.61. The van der Waals surface area contributed by atoms with Gasteiger partial charge in [0.15, 0.2) is 6.73 Å². The Hall–Kier alpha value is -3.14. The van der Waals surface area contributed by atoms with E-state index in [1.54, 1.807) is 10.9 Å². The fourth-order valence-corrected chi connectivity index (χ4v) is 2.47. The first kappa shape index (κ1) is 18.6. The van der Waals surface area contributed by atoms with Crippen LogP contribution in [0.5, 0.6) is 5.75 Å². The number of aryl methyl sites for hydroxylation is 1. The van der Waals surface area contributed by atoms with Gasteiger partial charge in [0.05, 0.1) is 29.8 Å². The lowest BCUT2D eigenvalue weighted by atomic mass is 10.3. The quantitative estimate of drug-likeness (QED) is 0.564. The standard InChI is InChI=1S/C17H16BrN5O4/c18-13-1-3-15(4-2-13)27-11-23-10-14(8-20-23)21-16(24)5-6-22-9-12(7-19-22)17(25)26/h1-4,7-10H,5-6,11H2,(H,21,24)(H,25,26). The van der Waals surface area contributed by atoms with E-state index in [1.165, 1.54) is 23.3 Å². The lowest BCUT2D eigenvalue weighted by Gasteiger charge is -2.06. The van der Waals surface area contributed by atoms with Crippen LogP contribution < -0.4 is 10.1 Å². The number of aromatic carboxylic acids is 1. The van der Waals surface area contributed by atoms with E-state index in [1.807, 2.05) is 24.3 Å². The van der Waals surface area contributed by atoms with Crippen molar-refractivity contribution in [3.8, 4) is 5.75 Å². The zero-order chi connectivity index (χ0) is 19.2. The van der Waals surface area contributed by atoms with Gasteiger partial charge >= 0.3 is 5.97 Å². The minimum Gasteiger partial charge on any atom is -0.478 e. The number of carbonyl (C=O) groups excluding carboxylic acids is 1. The highest BCUT2D eigenvalue weighted by molar-refractivity contribution is 9.10. The highest BCUT2D eigenvalue weighted by Crippen LogP contribution is 2.16. The summed E-state index contributed by atoms with van der Waals surface area (Å²) in [7, 11) is 0. The molecule has 2 aromatic heterocycles. The molecule has 0 unspecified atom stereocenters. The Bertz CT molecular complexity index is 935. The number of benzene rings is 1. The highest BCUT2D eigenvalue weighted by atomic mass is 79.9. The Morgan fingerprint density at radius 3 is 2.56 bits per heavy atom. The first-order valence-corrected chi connectivity index (χ1v) is 8.75. The molecule has 27 heavy (non-hydrogen) atoms. The van der Waals surface area contributed by atoms with E-state index in [9.17, 15) is 9.59 Å². The van der Waals surface area contributed by atoms with Gasteiger partial charge in [0.25, 0.3) is 0 Å². The molecule has 0 aliphatic rings. The zero-order valence-corrected chi connectivity index (χ0v) is 15.7. The van der Waals surface area contributed by atoms with Crippen LogP contribution in [0.1, 0.15) is 16.8 Å². The van der Waals surface area contributed by atoms with Crippen molar-refractivity contribution in [3.05, 3.63) is 59.1 Å². The number of carbonyl (C=O) groups is 2. The number of hydrogen-bond donors (Lipinski definition) is 2. The maximum absolute atomic E-state index is 12.0. The lowest BCUT2D eigenvalue weighted by Crippen LogP contribution is -2.14. The van der Waals surface area contributed by atoms with Crippen molar-refractivity contribution < 1.29 is 19.4 Å². The summed E-state index contributed by atoms with van der Waals surface area (Å²) in [6, 6.07) is 7.43. The monoisotopic (exact) mass is 433 g/mol. The fraction of sp³-hybridized carbons (Fsp3) is 0.176. The van der Waals surface area contributed by atoms with Crippen LogP contribution in [0.4, 0.5) is 5.69 Å². The number of carboxylic acids is 1. The van der Waals surface area contributed by atoms with Crippen molar-refractivity contribution in [1.82, 2.24) is 19.6 Å². The molecule has 0 saturated carbocycles. The Balaban J connectivity index is 1.45. The molecule has 0 spiro atoms. The van der Waals surface area contributed by atoms with E-state index in [4.69, 9.17) is 9.84 Å². The molecule has 0 bridgehead atoms. The predicted molar refractivity (Wildman–Crippen MR) is 99.4 cm³/mol. The summed E-state index contributed by atoms with van der Waals surface area (Å²) >= 11 is 3.36. The van der Waals surface area contributed by atoms with E-state index >= 15 is 0 Å². The zero-order valence-electron chi connectivity index (χ0n) is 14.1. The number of amides is 1. The van der Waals surface area contributed by atoms with Crippen LogP contribution in [0.25, 0.3) is 0 Å². The molecule has 2 heterocycles. The molecule has 3 aromatic rings. The molecule has 0 fully saturated rings. The number of hydrogen-bond acceptors (Lipinski definition) is 5. The number of nitrogens with zero attached hydrogens (tertiary/aromatic N) is 4. The smallest absolute Gasteiger partial charge is 0.338 e. The van der Waals surface area contributed by atoms with Gasteiger partial charge in [0.2, 0.25) is 5.91 Å². The van der Waals surface area contributed by atoms with Gasteiger partial charge in [-0.05, 0) is 24.3 Å². The first-order chi connectivity index (χ1) is 13.0. The largest absolute Gasteiger partial charge is 0.478 e. The molecule has 0 saturated heterocycles. The van der Waals surface area contributed by atoms with Crippen LogP contribution in [0.3, 0.4) is 0 Å². The molecule has 0 aliphatic heterocycles. The van der Waals surface area contributed by atoms with Crippen molar-refractivity contribution in [2.75, 3.05) is 5.32 Å². The normalized spacial score (nSPS) is 10.6. The summed E-state index contributed by atoms with van der Waals surface area (Å²) in [5.74, 6) is -0.571. The highest BCUT2D eigenvalue weighted by Gasteiger charge is 2.09. The Kier molecular flexibility index (Phi) is 5.87. The number of halogens is 1. The van der Waals surface area contributed by atoms with E-state index < -0.39 is 5.97 Å². The molecule has 2 N–H and O–H groups in total. The van der Waals surface area contributed by atoms with Gasteiger partial charge in [0, 0.05) is 23.6 Å². The lowest BCUT2D eigenvalue weighted by molar-refractivity contribution is -0.116. The van der Waals surface area contributed by atoms with Gasteiger partial charge < -0.3 is 15.2 Å². The molecule has 0 radical (unpaired) electrons. The third-order valence-electron chi connectivity index (χ3n) is 3.54. The second-order valence-corrected chi connectivity index (χ2v) is 6.51. The number of aromatic nitrogens is 4. The van der Waals surface area contributed by atoms with Gasteiger partial charge in [-0.3, -0.25) is 9.48 Å². The maximum Gasteiger partial charge on any atom is 0.338 e. The molecule has 1 aromatic carbocycles. The average Bonchev–Trinajstić information content (AvgIpc) is 3.29. The van der Waals surface area contributed by atoms with Crippen LogP contribution in [0.15, 0.2) is 53.5 Å². The molecular formula is C17H16BrN5O4. The molecular weight excluding hydrogens is 418 g/mol. The first-order valence-electron chi connectivity index (χ1n) is 7.96. The van der Waals surface area contributed by atoms with Crippen molar-refractivity contribution in [1.29, 1.82) is 0 Å². The summed E-state index contributed by atoms with van der Waals surface area (Å²) in [4.78, 5) is 22.8. The minimum absolute atomic E-state index is 0.0856. The average molecular weight is 434 g/mol. The van der Waals surface area contributed by atoms with Crippen molar-refractivity contribution in [2.24, 2.45) is 0 Å². The van der Waals surface area contributed by atoms with Crippen molar-refractivity contribution in [3.63, 3.8) is 0 Å². The van der Waals surface area contributed by atoms with E-state index in [0.29, 0.717) is 11.4 Å². The SMILES string of the molecule is O=C(CCn1cc(C(=O)O)cn1)Nc1cnn(COc2ccc(Br)cc2)c1. The second kappa shape index (κ2) is 8.49. The summed E-state index contributed by atoms with van der Waals surface area (Å²) in [5, 5.41) is 19.6. The second-order valence-electron chi connectivity index (χ2n) is 5.59. The third-order valence-corrected chi connectivity index (χ3v) is 4.07. The molecule has 1 amide bonds. The Labute approximate surface area is 162 Å². The number of ether oxygens (including phenoxy) is 1. The maximum atomic E-state index is 12.0. The van der Waals surface area contributed by atoms with E-state index in [0.717, 1.165) is 4.47 Å². The van der Waals surface area contributed by atoms with Crippen LogP contribution in [0.2, 0.25) is 0 Å². The number of carboxylic acid groups (broad SMARTS) is 1. The Morgan fingerprint density at radius 2 is 1.85 bits per heavy atom. The number of rotatable bonds is 8. The molecule has 10 heteroatoms. The van der Waals surface area contributed by atoms with Crippen molar-refractivity contribution >= 4 is 33.5 Å². The molecule has 3 rings (SSSR count). The third kappa shape index (κ3) is 5.42. The van der Waals surface area contributed by atoms with Crippen LogP contribution in [-0.2, 0) is 18.1 Å². The van der Waals surface area contributed by atoms with E-state index in [-0.39, 0.29) is 31.2 Å². The topological polar surface area (TPSA) is 111 Å². The van der Waals surface area contributed by atoms with E-state index in [2.05, 4.69) is 31.4 Å². The van der Waals surface area contributed by atoms with Crippen LogP contribution in [0, 0.1) is 0 Å². The van der Waals surface area contributed by atoms with Crippen molar-refractivity contribution in [2.45, 2.75) is 19.7 Å². The molecule has 9 nitrogen and oxygen atoms in total. The molecule has 0 aliphatic carbocycles. The minimum atomic E-state index is -1.05. The fourth-order valence-electron chi connectivity index (χ4n) is 2.21. The van der Waals surface area contributed by atoms with Crippen LogP contribution >= 0.6 is 15.9 Å². The molecule has 0 atom stereocenters. The van der Waals surface area contributed by atoms with Gasteiger partial charge in [-0.1, -0.05) is 15.9 Å². The number of nitrogens with one attached hydrogen (secondary N) is 1.